The first-order chi connectivity index (χ1) is 16.0. The highest BCUT2D eigenvalue weighted by Crippen LogP contribution is 2.49. The summed E-state index contributed by atoms with van der Waals surface area (Å²) in [6, 6.07) is 13.1. The van der Waals surface area contributed by atoms with Crippen molar-refractivity contribution in [2.75, 3.05) is 26.2 Å². The second-order valence-corrected chi connectivity index (χ2v) is 9.04. The Kier molecular flexibility index (Phi) is 5.66. The molecule has 0 N–H and O–H groups in total. The molecule has 2 saturated heterocycles. The van der Waals surface area contributed by atoms with E-state index in [9.17, 15) is 9.59 Å². The molecule has 0 saturated carbocycles. The van der Waals surface area contributed by atoms with E-state index in [2.05, 4.69) is 15.2 Å². The van der Waals surface area contributed by atoms with Crippen LogP contribution in [0.5, 0.6) is 0 Å². The molecule has 33 heavy (non-hydrogen) atoms. The van der Waals surface area contributed by atoms with E-state index in [-0.39, 0.29) is 23.1 Å². The molecule has 2 aliphatic rings. The molecule has 2 aliphatic heterocycles. The summed E-state index contributed by atoms with van der Waals surface area (Å²) in [5.74, 6) is 1.20. The van der Waals surface area contributed by atoms with Gasteiger partial charge in [-0.1, -0.05) is 24.3 Å². The third kappa shape index (κ3) is 4.25. The number of pyridine rings is 1. The summed E-state index contributed by atoms with van der Waals surface area (Å²) in [5.41, 5.74) is 1.41. The van der Waals surface area contributed by atoms with Crippen molar-refractivity contribution >= 4 is 11.8 Å². The lowest BCUT2D eigenvalue weighted by molar-refractivity contribution is -0.132. The van der Waals surface area contributed by atoms with Crippen LogP contribution in [0.15, 0.2) is 59.3 Å². The van der Waals surface area contributed by atoms with Gasteiger partial charge in [0, 0.05) is 56.5 Å². The quantitative estimate of drug-likeness (QED) is 0.613. The van der Waals surface area contributed by atoms with Crippen molar-refractivity contribution in [3.05, 3.63) is 77.8 Å². The van der Waals surface area contributed by atoms with Gasteiger partial charge in [0.2, 0.25) is 17.7 Å². The highest BCUT2D eigenvalue weighted by molar-refractivity contribution is 5.94. The maximum absolute atomic E-state index is 13.2. The largest absolute Gasteiger partial charge is 0.425 e. The van der Waals surface area contributed by atoms with E-state index in [1.807, 2.05) is 52.3 Å². The highest BCUT2D eigenvalue weighted by atomic mass is 16.4. The first kappa shape index (κ1) is 21.3. The maximum Gasteiger partial charge on any atom is 0.253 e. The molecule has 5 rings (SSSR count). The summed E-state index contributed by atoms with van der Waals surface area (Å²) in [6.45, 7) is 4.24. The van der Waals surface area contributed by atoms with Crippen molar-refractivity contribution in [1.29, 1.82) is 0 Å². The molecule has 0 radical (unpaired) electrons. The van der Waals surface area contributed by atoms with E-state index in [4.69, 9.17) is 4.42 Å². The lowest BCUT2D eigenvalue weighted by atomic mass is 9.70. The third-order valence-corrected chi connectivity index (χ3v) is 6.99. The SMILES string of the molecule is Cc1nnc([C@H]2CN(C(=O)c3ccccc3)CC23CCN(C(=O)Cc2cccnc2)CC3)o1. The molecule has 2 aromatic heterocycles. The second-order valence-electron chi connectivity index (χ2n) is 9.04. The average Bonchev–Trinajstić information content (AvgIpc) is 3.44. The van der Waals surface area contributed by atoms with Gasteiger partial charge in [-0.25, -0.2) is 0 Å². The molecule has 8 nitrogen and oxygen atoms in total. The predicted molar refractivity (Wildman–Crippen MR) is 120 cm³/mol. The minimum Gasteiger partial charge on any atom is -0.425 e. The monoisotopic (exact) mass is 445 g/mol. The summed E-state index contributed by atoms with van der Waals surface area (Å²) in [6.07, 6.45) is 5.38. The molecule has 0 aliphatic carbocycles. The molecule has 0 unspecified atom stereocenters. The van der Waals surface area contributed by atoms with Crippen LogP contribution in [0, 0.1) is 12.3 Å². The number of amides is 2. The summed E-state index contributed by atoms with van der Waals surface area (Å²) in [4.78, 5) is 34.0. The fourth-order valence-electron chi connectivity index (χ4n) is 5.18. The smallest absolute Gasteiger partial charge is 0.253 e. The zero-order valence-corrected chi connectivity index (χ0v) is 18.7. The Morgan fingerprint density at radius 2 is 1.85 bits per heavy atom. The molecule has 1 atom stereocenters. The van der Waals surface area contributed by atoms with Gasteiger partial charge in [0.05, 0.1) is 12.3 Å². The number of hydrogen-bond acceptors (Lipinski definition) is 6. The van der Waals surface area contributed by atoms with Crippen LogP contribution in [-0.2, 0) is 11.2 Å². The van der Waals surface area contributed by atoms with Crippen molar-refractivity contribution < 1.29 is 14.0 Å². The average molecular weight is 446 g/mol. The van der Waals surface area contributed by atoms with Gasteiger partial charge in [0.1, 0.15) is 0 Å². The Morgan fingerprint density at radius 3 is 2.52 bits per heavy atom. The fourth-order valence-corrected chi connectivity index (χ4v) is 5.18. The standard InChI is InChI=1S/C25H27N5O3/c1-18-27-28-23(33-18)21-16-30(24(32)20-7-3-2-4-8-20)17-25(21)9-12-29(13-10-25)22(31)14-19-6-5-11-26-15-19/h2-8,11,15,21H,9-10,12-14,16-17H2,1H3/t21-/m1/s1. The maximum atomic E-state index is 13.2. The lowest BCUT2D eigenvalue weighted by Crippen LogP contribution is -2.46. The molecule has 4 heterocycles. The predicted octanol–water partition coefficient (Wildman–Crippen LogP) is 2.86. The van der Waals surface area contributed by atoms with Crippen molar-refractivity contribution in [1.82, 2.24) is 25.0 Å². The number of likely N-dealkylation sites (tertiary alicyclic amines) is 2. The van der Waals surface area contributed by atoms with E-state index < -0.39 is 0 Å². The van der Waals surface area contributed by atoms with E-state index in [0.717, 1.165) is 18.4 Å². The summed E-state index contributed by atoms with van der Waals surface area (Å²) >= 11 is 0. The normalized spacial score (nSPS) is 19.7. The molecule has 1 spiro atoms. The van der Waals surface area contributed by atoms with Crippen LogP contribution in [0.3, 0.4) is 0 Å². The Bertz CT molecular complexity index is 1120. The zero-order chi connectivity index (χ0) is 22.8. The Morgan fingerprint density at radius 1 is 1.06 bits per heavy atom. The zero-order valence-electron chi connectivity index (χ0n) is 18.7. The van der Waals surface area contributed by atoms with Crippen LogP contribution in [0.2, 0.25) is 0 Å². The molecular formula is C25H27N5O3. The van der Waals surface area contributed by atoms with Gasteiger partial charge in [-0.3, -0.25) is 14.6 Å². The van der Waals surface area contributed by atoms with E-state index >= 15 is 0 Å². The molecule has 0 bridgehead atoms. The molecule has 8 heteroatoms. The topological polar surface area (TPSA) is 92.4 Å². The Balaban J connectivity index is 1.33. The Labute approximate surface area is 192 Å². The number of nitrogens with zero attached hydrogens (tertiary/aromatic N) is 5. The van der Waals surface area contributed by atoms with E-state index in [1.54, 1.807) is 19.3 Å². The number of benzene rings is 1. The highest BCUT2D eigenvalue weighted by Gasteiger charge is 2.52. The van der Waals surface area contributed by atoms with Crippen molar-refractivity contribution in [2.24, 2.45) is 5.41 Å². The van der Waals surface area contributed by atoms with Gasteiger partial charge in [-0.05, 0) is 36.6 Å². The third-order valence-electron chi connectivity index (χ3n) is 6.99. The van der Waals surface area contributed by atoms with Crippen molar-refractivity contribution in [3.63, 3.8) is 0 Å². The van der Waals surface area contributed by atoms with Gasteiger partial charge in [-0.2, -0.15) is 0 Å². The van der Waals surface area contributed by atoms with Crippen LogP contribution in [-0.4, -0.2) is 63.0 Å². The number of carbonyl (C=O) groups excluding carboxylic acids is 2. The van der Waals surface area contributed by atoms with Gasteiger partial charge in [0.15, 0.2) is 0 Å². The van der Waals surface area contributed by atoms with Crippen LogP contribution < -0.4 is 0 Å². The van der Waals surface area contributed by atoms with E-state index in [1.165, 1.54) is 0 Å². The van der Waals surface area contributed by atoms with Crippen LogP contribution in [0.1, 0.15) is 46.5 Å². The van der Waals surface area contributed by atoms with Crippen molar-refractivity contribution in [3.8, 4) is 0 Å². The Hall–Kier alpha value is -3.55. The van der Waals surface area contributed by atoms with Gasteiger partial charge in [0.25, 0.3) is 5.91 Å². The first-order valence-corrected chi connectivity index (χ1v) is 11.4. The second kappa shape index (κ2) is 8.77. The van der Waals surface area contributed by atoms with Crippen LogP contribution >= 0.6 is 0 Å². The summed E-state index contributed by atoms with van der Waals surface area (Å²) < 4.78 is 5.83. The minimum atomic E-state index is -0.186. The van der Waals surface area contributed by atoms with Crippen molar-refractivity contribution in [2.45, 2.75) is 32.1 Å². The van der Waals surface area contributed by atoms with Crippen LogP contribution in [0.4, 0.5) is 0 Å². The number of carbonyl (C=O) groups is 2. The fraction of sp³-hybridized carbons (Fsp3) is 0.400. The number of piperidine rings is 1. The summed E-state index contributed by atoms with van der Waals surface area (Å²) in [5, 5.41) is 8.35. The first-order valence-electron chi connectivity index (χ1n) is 11.4. The molecule has 2 amide bonds. The van der Waals surface area contributed by atoms with Gasteiger partial charge in [-0.15, -0.1) is 10.2 Å². The van der Waals surface area contributed by atoms with E-state index in [0.29, 0.717) is 49.9 Å². The number of hydrogen-bond donors (Lipinski definition) is 0. The minimum absolute atomic E-state index is 0.0174. The number of aryl methyl sites for hydroxylation is 1. The van der Waals surface area contributed by atoms with Gasteiger partial charge >= 0.3 is 0 Å². The molecule has 1 aromatic carbocycles. The summed E-state index contributed by atoms with van der Waals surface area (Å²) in [7, 11) is 0. The molecule has 3 aromatic rings. The number of rotatable bonds is 4. The molecule has 170 valence electrons. The molecular weight excluding hydrogens is 418 g/mol. The van der Waals surface area contributed by atoms with Crippen LogP contribution in [0.25, 0.3) is 0 Å². The number of aromatic nitrogens is 3. The van der Waals surface area contributed by atoms with Gasteiger partial charge < -0.3 is 14.2 Å². The lowest BCUT2D eigenvalue weighted by Gasteiger charge is -2.41. The molecule has 2 fully saturated rings.